The number of nitrogens with one attached hydrogen (secondary N) is 4. The number of para-hydroxylation sites is 1. The molecule has 1 fully saturated rings. The average molecular weight is 1650 g/mol. The number of carboxylic acids is 4. The van der Waals surface area contributed by atoms with Gasteiger partial charge in [-0.3, -0.25) is 63.6 Å². The maximum atomic E-state index is 12.4. The van der Waals surface area contributed by atoms with Gasteiger partial charge < -0.3 is 44.0 Å². The van der Waals surface area contributed by atoms with Gasteiger partial charge in [-0.25, -0.2) is 0 Å². The molecule has 118 heavy (non-hydrogen) atoms. The van der Waals surface area contributed by atoms with Crippen molar-refractivity contribution in [1.82, 2.24) is 26.2 Å². The lowest BCUT2D eigenvalue weighted by atomic mass is 10.1. The van der Waals surface area contributed by atoms with Gasteiger partial charge >= 0.3 is 5.96 Å². The minimum absolute atomic E-state index is 0.0513. The number of aliphatic carboxylic acids is 4. The minimum Gasteiger partial charge on any atom is -0.550 e. The van der Waals surface area contributed by atoms with Crippen molar-refractivity contribution < 1.29 is 62.3 Å². The van der Waals surface area contributed by atoms with E-state index in [-0.39, 0.29) is 47.4 Å². The van der Waals surface area contributed by atoms with Gasteiger partial charge in [0.25, 0.3) is 0 Å². The van der Waals surface area contributed by atoms with Crippen LogP contribution in [-0.4, -0.2) is 163 Å². The second-order valence-corrected chi connectivity index (χ2v) is 33.7. The summed E-state index contributed by atoms with van der Waals surface area (Å²) in [5.41, 5.74) is 2.95. The highest BCUT2D eigenvalue weighted by Gasteiger charge is 2.28. The highest BCUT2D eigenvalue weighted by Crippen LogP contribution is 2.29. The van der Waals surface area contributed by atoms with Crippen molar-refractivity contribution in [2.75, 3.05) is 92.1 Å². The molecule has 0 bridgehead atoms. The average Bonchev–Trinajstić information content (AvgIpc) is 1.11. The number of carboxylic acid groups (broad SMARTS) is 4. The molecule has 0 atom stereocenters. The van der Waals surface area contributed by atoms with Crippen LogP contribution in [0.3, 0.4) is 0 Å². The van der Waals surface area contributed by atoms with Crippen LogP contribution >= 0.6 is 34.0 Å². The van der Waals surface area contributed by atoms with Crippen LogP contribution in [0.4, 0.5) is 0 Å². The Labute approximate surface area is 695 Å². The Hall–Kier alpha value is -11.5. The molecule has 22 nitrogen and oxygen atoms in total. The molecule has 0 unspecified atom stereocenters. The largest absolute Gasteiger partial charge is 0.550 e. The first kappa shape index (κ1) is 84.4. The van der Waals surface area contributed by atoms with E-state index in [0.717, 1.165) is 34.7 Å². The van der Waals surface area contributed by atoms with Crippen molar-refractivity contribution in [2.24, 2.45) is 0 Å². The SMILES string of the molecule is C1CCC2=[N+](CC1)CCCN2.C1CCC2=[N+](CC1)CCCN2.C1CNC2=[N+](C1)CCC2.C[N+]1=C2NCCCN2CCC1.O=C([O-])Cc1ccc2oc3ccccc3c(=O)c2c1.O=C([O-])Cc1ccc2sc3ccccc3c(=O)c2c1.O=C([O-])Cc1ccc2sc3ccccc3c(=O)c2c1.O=C([O-])Cc1ccc2sc3ccccc3c(=O)c2c1. The fourth-order valence-corrected chi connectivity index (χ4v) is 19.3. The van der Waals surface area contributed by atoms with Crippen LogP contribution in [0.15, 0.2) is 193 Å². The number of carbonyl (C=O) groups excluding carboxylic acids is 4. The van der Waals surface area contributed by atoms with E-state index in [1.54, 1.807) is 115 Å². The molecule has 1 saturated heterocycles. The molecule has 20 rings (SSSR count). The standard InChI is InChI=1S/C15H10O4.3C15H10O3S.2C9H16N2.C8H15N3.C7H12N2/c4*16-14(17)8-9-5-6-13-11(7-9)15(18)10-3-1-2-4-12(10)19-13;2*1-2-5-9-10-6-4-8-11(9)7-3-1;1-10-5-3-7-11-6-2-4-9-8(10)11;1-3-7-8-4-2-6-9(7)5-1/h4*1-7H,8H2,(H,16,17);2*1-8H2;2-7H2,1H3;1-6H2. The molecule has 8 aromatic carbocycles. The lowest BCUT2D eigenvalue weighted by Crippen LogP contribution is -2.54. The van der Waals surface area contributed by atoms with Crippen LogP contribution in [0.2, 0.25) is 0 Å². The zero-order chi connectivity index (χ0) is 82.4. The summed E-state index contributed by atoms with van der Waals surface area (Å²) in [5.74, 6) is 1.29. The third-order valence-corrected chi connectivity index (χ3v) is 25.4. The zero-order valence-electron chi connectivity index (χ0n) is 66.6. The Morgan fingerprint density at radius 2 is 0.669 bits per heavy atom. The predicted molar refractivity (Wildman–Crippen MR) is 466 cm³/mol. The number of nitrogens with zero attached hydrogens (tertiary/aromatic N) is 5. The number of amidine groups is 3. The molecule has 12 heterocycles. The van der Waals surface area contributed by atoms with Gasteiger partial charge in [0, 0.05) is 155 Å². The number of guanidine groups is 1. The van der Waals surface area contributed by atoms with Crippen LogP contribution < -0.4 is 63.4 Å². The molecule has 12 aromatic rings. The molecule has 0 amide bonds. The summed E-state index contributed by atoms with van der Waals surface area (Å²) in [4.78, 5) is 94.3. The van der Waals surface area contributed by atoms with Gasteiger partial charge in [0.15, 0.2) is 16.3 Å². The van der Waals surface area contributed by atoms with Crippen molar-refractivity contribution >= 4 is 164 Å². The fourth-order valence-electron chi connectivity index (χ4n) is 16.1. The van der Waals surface area contributed by atoms with Gasteiger partial charge in [-0.15, -0.1) is 34.0 Å². The van der Waals surface area contributed by atoms with Crippen LogP contribution in [0.25, 0.3) is 82.5 Å². The molecule has 8 aliphatic heterocycles. The summed E-state index contributed by atoms with van der Waals surface area (Å²) in [6, 6.07) is 49.5. The smallest absolute Gasteiger partial charge is 0.347 e. The monoisotopic (exact) mass is 1650 g/mol. The number of hydrogen-bond donors (Lipinski definition) is 4. The van der Waals surface area contributed by atoms with E-state index in [1.165, 1.54) is 232 Å². The van der Waals surface area contributed by atoms with Crippen LogP contribution in [-0.2, 0) is 44.9 Å². The Morgan fingerprint density at radius 3 is 1.09 bits per heavy atom. The number of benzene rings is 8. The molecule has 0 spiro atoms. The molecule has 4 N–H and O–H groups in total. The first-order valence-electron chi connectivity index (χ1n) is 41.1. The Kier molecular flexibility index (Phi) is 29.3. The van der Waals surface area contributed by atoms with Gasteiger partial charge in [0.1, 0.15) is 11.2 Å². The second-order valence-electron chi connectivity index (χ2n) is 30.5. The molecule has 25 heteroatoms. The Morgan fingerprint density at radius 1 is 0.339 bits per heavy atom. The van der Waals surface area contributed by atoms with E-state index >= 15 is 0 Å². The lowest BCUT2D eigenvalue weighted by molar-refractivity contribution is -0.534. The quantitative estimate of drug-likeness (QED) is 0.0823. The molecule has 8 aliphatic rings. The summed E-state index contributed by atoms with van der Waals surface area (Å²) < 4.78 is 20.9. The number of carbonyl (C=O) groups is 4. The fraction of sp³-hybridized carbons (Fsp3) is 0.355. The van der Waals surface area contributed by atoms with Gasteiger partial charge in [-0.1, -0.05) is 72.8 Å². The van der Waals surface area contributed by atoms with Gasteiger partial charge in [0.2, 0.25) is 22.9 Å². The van der Waals surface area contributed by atoms with Crippen molar-refractivity contribution in [3.63, 3.8) is 0 Å². The Balaban J connectivity index is 0.000000119. The van der Waals surface area contributed by atoms with Crippen molar-refractivity contribution in [2.45, 2.75) is 122 Å². The molecule has 0 aliphatic carbocycles. The van der Waals surface area contributed by atoms with E-state index in [4.69, 9.17) is 4.42 Å². The highest BCUT2D eigenvalue weighted by atomic mass is 32.1. The maximum absolute atomic E-state index is 12.4. The van der Waals surface area contributed by atoms with Crippen molar-refractivity contribution in [3.05, 3.63) is 233 Å². The van der Waals surface area contributed by atoms with Gasteiger partial charge in [-0.05, 0) is 164 Å². The van der Waals surface area contributed by atoms with Gasteiger partial charge in [0.05, 0.1) is 109 Å². The van der Waals surface area contributed by atoms with Crippen molar-refractivity contribution in [1.29, 1.82) is 0 Å². The first-order chi connectivity index (χ1) is 57.4. The number of hydrogen-bond acceptors (Lipinski definition) is 21. The van der Waals surface area contributed by atoms with E-state index in [1.807, 2.05) is 54.6 Å². The maximum Gasteiger partial charge on any atom is 0.347 e. The highest BCUT2D eigenvalue weighted by molar-refractivity contribution is 7.25. The van der Waals surface area contributed by atoms with E-state index in [2.05, 4.69) is 51.5 Å². The third kappa shape index (κ3) is 22.2. The normalized spacial score (nSPS) is 16.1. The summed E-state index contributed by atoms with van der Waals surface area (Å²) in [7, 11) is 2.17. The van der Waals surface area contributed by atoms with Crippen LogP contribution in [0.1, 0.15) is 119 Å². The molecular weight excluding hydrogens is 1550 g/mol. The third-order valence-electron chi connectivity index (χ3n) is 21.9. The molecule has 0 radical (unpaired) electrons. The minimum atomic E-state index is -1.18. The summed E-state index contributed by atoms with van der Waals surface area (Å²) in [5, 5.41) is 60.9. The summed E-state index contributed by atoms with van der Waals surface area (Å²) in [6.45, 7) is 16.2. The number of rotatable bonds is 8. The molecule has 612 valence electrons. The predicted octanol–water partition coefficient (Wildman–Crippen LogP) is 8.16. The molecular formula is C93H99N9O13S3. The zero-order valence-corrected chi connectivity index (χ0v) is 69.0. The first-order valence-corrected chi connectivity index (χ1v) is 43.5. The van der Waals surface area contributed by atoms with E-state index in [0.29, 0.717) is 76.5 Å². The van der Waals surface area contributed by atoms with Crippen LogP contribution in [0.5, 0.6) is 0 Å². The lowest BCUT2D eigenvalue weighted by Gasteiger charge is -2.29. The topological polar surface area (TPSA) is 305 Å². The second kappa shape index (κ2) is 41.0. The Bertz CT molecular complexity index is 5450. The summed E-state index contributed by atoms with van der Waals surface area (Å²) in [6.07, 6.45) is 19.5. The van der Waals surface area contributed by atoms with Crippen molar-refractivity contribution in [3.8, 4) is 0 Å². The van der Waals surface area contributed by atoms with Crippen LogP contribution in [0, 0.1) is 0 Å². The number of fused-ring (bicyclic) bond motifs is 9. The van der Waals surface area contributed by atoms with E-state index in [9.17, 15) is 58.8 Å². The van der Waals surface area contributed by atoms with Gasteiger partial charge in [-0.2, -0.15) is 0 Å². The van der Waals surface area contributed by atoms with E-state index < -0.39 is 23.9 Å². The molecule has 4 aromatic heterocycles. The summed E-state index contributed by atoms with van der Waals surface area (Å²) >= 11 is 4.59. The molecule has 0 saturated carbocycles.